The molecule has 0 radical (unpaired) electrons. The van der Waals surface area contributed by atoms with Crippen LogP contribution in [0.4, 0.5) is 0 Å². The highest BCUT2D eigenvalue weighted by Gasteiger charge is 2.31. The van der Waals surface area contributed by atoms with Gasteiger partial charge in [0.05, 0.1) is 24.5 Å². The number of amides is 1. The van der Waals surface area contributed by atoms with Crippen LogP contribution in [0.2, 0.25) is 0 Å². The van der Waals surface area contributed by atoms with E-state index in [0.29, 0.717) is 6.61 Å². The second kappa shape index (κ2) is 5.40. The summed E-state index contributed by atoms with van der Waals surface area (Å²) in [6.45, 7) is 4.18. The average molecular weight is 275 g/mol. The van der Waals surface area contributed by atoms with E-state index in [2.05, 4.69) is 22.6 Å². The predicted octanol–water partition coefficient (Wildman–Crippen LogP) is 2.04. The Morgan fingerprint density at radius 3 is 3.05 bits per heavy atom. The van der Waals surface area contributed by atoms with Gasteiger partial charge in [-0.1, -0.05) is 6.08 Å². The van der Waals surface area contributed by atoms with E-state index in [0.717, 1.165) is 49.4 Å². The summed E-state index contributed by atoms with van der Waals surface area (Å²) in [4.78, 5) is 19.0. The molecule has 1 atom stereocenters. The first-order valence-electron chi connectivity index (χ1n) is 7.25. The van der Waals surface area contributed by atoms with E-state index in [1.54, 1.807) is 7.11 Å². The molecule has 5 nitrogen and oxygen atoms in total. The molecular weight excluding hydrogens is 254 g/mol. The molecule has 0 spiro atoms. The van der Waals surface area contributed by atoms with Crippen molar-refractivity contribution in [3.63, 3.8) is 0 Å². The van der Waals surface area contributed by atoms with Crippen LogP contribution >= 0.6 is 0 Å². The zero-order chi connectivity index (χ0) is 14.1. The number of rotatable bonds is 3. The van der Waals surface area contributed by atoms with Gasteiger partial charge >= 0.3 is 0 Å². The number of hydrogen-bond acceptors (Lipinski definition) is 3. The first-order chi connectivity index (χ1) is 9.72. The standard InChI is InChI=1S/C15H21N3O2/c1-11-14-16-9-13(10-20-2)18(14)8-7-17(11)15(19)12-5-3-4-6-12/h5,9,11H,3-4,6-8,10H2,1-2H3. The predicted molar refractivity (Wildman–Crippen MR) is 75.0 cm³/mol. The monoisotopic (exact) mass is 275 g/mol. The third-order valence-electron chi connectivity index (χ3n) is 4.24. The van der Waals surface area contributed by atoms with Crippen molar-refractivity contribution >= 4 is 5.91 Å². The highest BCUT2D eigenvalue weighted by atomic mass is 16.5. The number of imidazole rings is 1. The van der Waals surface area contributed by atoms with Gasteiger partial charge in [0.1, 0.15) is 5.82 Å². The van der Waals surface area contributed by atoms with E-state index in [1.165, 1.54) is 0 Å². The molecule has 0 N–H and O–H groups in total. The minimum Gasteiger partial charge on any atom is -0.378 e. The Bertz CT molecular complexity index is 547. The van der Waals surface area contributed by atoms with Crippen LogP contribution in [0, 0.1) is 0 Å². The minimum absolute atomic E-state index is 0.0309. The third kappa shape index (κ3) is 2.16. The van der Waals surface area contributed by atoms with Crippen molar-refractivity contribution in [3.05, 3.63) is 29.4 Å². The lowest BCUT2D eigenvalue weighted by atomic mass is 10.1. The van der Waals surface area contributed by atoms with Gasteiger partial charge in [0.2, 0.25) is 5.91 Å². The molecule has 0 aromatic carbocycles. The van der Waals surface area contributed by atoms with Crippen LogP contribution in [0.3, 0.4) is 0 Å². The van der Waals surface area contributed by atoms with Crippen molar-refractivity contribution in [2.24, 2.45) is 0 Å². The van der Waals surface area contributed by atoms with E-state index in [-0.39, 0.29) is 11.9 Å². The molecule has 0 fully saturated rings. The maximum absolute atomic E-state index is 12.5. The molecule has 2 heterocycles. The normalized spacial score (nSPS) is 21.8. The Balaban J connectivity index is 1.82. The van der Waals surface area contributed by atoms with E-state index in [1.807, 2.05) is 11.1 Å². The Kier molecular flexibility index (Phi) is 3.61. The van der Waals surface area contributed by atoms with Gasteiger partial charge in [0.15, 0.2) is 0 Å². The van der Waals surface area contributed by atoms with E-state index >= 15 is 0 Å². The molecule has 1 unspecified atom stereocenters. The summed E-state index contributed by atoms with van der Waals surface area (Å²) in [5.74, 6) is 1.16. The Hall–Kier alpha value is -1.62. The summed E-state index contributed by atoms with van der Waals surface area (Å²) in [5, 5.41) is 0. The summed E-state index contributed by atoms with van der Waals surface area (Å²) < 4.78 is 7.37. The van der Waals surface area contributed by atoms with Gasteiger partial charge in [0.25, 0.3) is 0 Å². The van der Waals surface area contributed by atoms with Crippen molar-refractivity contribution < 1.29 is 9.53 Å². The van der Waals surface area contributed by atoms with Crippen molar-refractivity contribution in [2.75, 3.05) is 13.7 Å². The zero-order valence-electron chi connectivity index (χ0n) is 12.1. The molecule has 20 heavy (non-hydrogen) atoms. The van der Waals surface area contributed by atoms with Gasteiger partial charge in [-0.25, -0.2) is 4.98 Å². The van der Waals surface area contributed by atoms with Gasteiger partial charge in [-0.05, 0) is 26.2 Å². The summed E-state index contributed by atoms with van der Waals surface area (Å²) >= 11 is 0. The number of allylic oxidation sites excluding steroid dienone is 1. The van der Waals surface area contributed by atoms with Gasteiger partial charge in [-0.2, -0.15) is 0 Å². The Morgan fingerprint density at radius 2 is 2.35 bits per heavy atom. The molecule has 2 aliphatic rings. The van der Waals surface area contributed by atoms with E-state index in [4.69, 9.17) is 4.74 Å². The molecule has 1 aliphatic carbocycles. The van der Waals surface area contributed by atoms with Gasteiger partial charge in [0, 0.05) is 25.8 Å². The quantitative estimate of drug-likeness (QED) is 0.848. The molecule has 1 amide bonds. The van der Waals surface area contributed by atoms with Crippen LogP contribution in [0.25, 0.3) is 0 Å². The zero-order valence-corrected chi connectivity index (χ0v) is 12.1. The number of methoxy groups -OCH3 is 1. The molecule has 0 bridgehead atoms. The Labute approximate surface area is 119 Å². The van der Waals surface area contributed by atoms with Crippen LogP contribution in [0.1, 0.15) is 43.7 Å². The first kappa shape index (κ1) is 13.4. The lowest BCUT2D eigenvalue weighted by molar-refractivity contribution is -0.130. The van der Waals surface area contributed by atoms with Crippen LogP contribution in [-0.4, -0.2) is 34.0 Å². The number of nitrogens with zero attached hydrogens (tertiary/aromatic N) is 3. The summed E-state index contributed by atoms with van der Waals surface area (Å²) in [5.41, 5.74) is 2.07. The summed E-state index contributed by atoms with van der Waals surface area (Å²) in [6.07, 6.45) is 7.02. The summed E-state index contributed by atoms with van der Waals surface area (Å²) in [6, 6.07) is 0.0309. The molecule has 108 valence electrons. The van der Waals surface area contributed by atoms with Crippen LogP contribution in [-0.2, 0) is 22.7 Å². The number of aromatic nitrogens is 2. The topological polar surface area (TPSA) is 47.4 Å². The van der Waals surface area contributed by atoms with Crippen molar-refractivity contribution in [1.29, 1.82) is 0 Å². The molecule has 5 heteroatoms. The molecule has 3 rings (SSSR count). The molecule has 0 saturated heterocycles. The minimum atomic E-state index is 0.0309. The number of carbonyl (C=O) groups is 1. The second-order valence-electron chi connectivity index (χ2n) is 5.49. The fraction of sp³-hybridized carbons (Fsp3) is 0.600. The van der Waals surface area contributed by atoms with Gasteiger partial charge in [-0.15, -0.1) is 0 Å². The summed E-state index contributed by atoms with van der Waals surface area (Å²) in [7, 11) is 1.69. The highest BCUT2D eigenvalue weighted by molar-refractivity contribution is 5.94. The van der Waals surface area contributed by atoms with Crippen molar-refractivity contribution in [3.8, 4) is 0 Å². The third-order valence-corrected chi connectivity index (χ3v) is 4.24. The van der Waals surface area contributed by atoms with Gasteiger partial charge in [-0.3, -0.25) is 4.79 Å². The lowest BCUT2D eigenvalue weighted by Gasteiger charge is -2.34. The van der Waals surface area contributed by atoms with Crippen LogP contribution in [0.15, 0.2) is 17.8 Å². The van der Waals surface area contributed by atoms with Crippen LogP contribution in [0.5, 0.6) is 0 Å². The van der Waals surface area contributed by atoms with E-state index in [9.17, 15) is 4.79 Å². The number of fused-ring (bicyclic) bond motifs is 1. The molecule has 1 aromatic rings. The first-order valence-corrected chi connectivity index (χ1v) is 7.25. The maximum atomic E-state index is 12.5. The van der Waals surface area contributed by atoms with Gasteiger partial charge < -0.3 is 14.2 Å². The van der Waals surface area contributed by atoms with Crippen molar-refractivity contribution in [2.45, 2.75) is 45.4 Å². The number of ether oxygens (including phenoxy) is 1. The fourth-order valence-corrected chi connectivity index (χ4v) is 3.15. The fourth-order valence-electron chi connectivity index (χ4n) is 3.15. The number of carbonyl (C=O) groups excluding carboxylic acids is 1. The van der Waals surface area contributed by atoms with Crippen LogP contribution < -0.4 is 0 Å². The smallest absolute Gasteiger partial charge is 0.250 e. The largest absolute Gasteiger partial charge is 0.378 e. The highest BCUT2D eigenvalue weighted by Crippen LogP contribution is 2.29. The second-order valence-corrected chi connectivity index (χ2v) is 5.49. The average Bonchev–Trinajstić information content (AvgIpc) is 3.09. The molecular formula is C15H21N3O2. The lowest BCUT2D eigenvalue weighted by Crippen LogP contribution is -2.42. The molecule has 1 aliphatic heterocycles. The molecule has 1 aromatic heterocycles. The molecule has 0 saturated carbocycles. The van der Waals surface area contributed by atoms with E-state index < -0.39 is 0 Å². The Morgan fingerprint density at radius 1 is 1.50 bits per heavy atom. The maximum Gasteiger partial charge on any atom is 0.250 e. The van der Waals surface area contributed by atoms with Crippen molar-refractivity contribution in [1.82, 2.24) is 14.5 Å². The number of hydrogen-bond donors (Lipinski definition) is 0. The SMILES string of the molecule is COCc1cnc2n1CCN(C(=O)C1=CCCC1)C2C.